The van der Waals surface area contributed by atoms with Crippen LogP contribution in [0.4, 0.5) is 10.1 Å². The van der Waals surface area contributed by atoms with E-state index >= 15 is 0 Å². The predicted molar refractivity (Wildman–Crippen MR) is 64.8 cm³/mol. The zero-order valence-corrected chi connectivity index (χ0v) is 10.3. The van der Waals surface area contributed by atoms with Gasteiger partial charge in [0.05, 0.1) is 4.47 Å². The Labute approximate surface area is 98.4 Å². The molecule has 0 aromatic heterocycles. The number of benzene rings is 1. The lowest BCUT2D eigenvalue weighted by Gasteiger charge is -2.22. The zero-order chi connectivity index (χ0) is 10.7. The average Bonchev–Trinajstić information content (AvgIpc) is 2.50. The van der Waals surface area contributed by atoms with Crippen LogP contribution in [0.15, 0.2) is 22.7 Å². The summed E-state index contributed by atoms with van der Waals surface area (Å²) in [6, 6.07) is 5.39. The first-order valence-corrected chi connectivity index (χ1v) is 6.27. The first kappa shape index (κ1) is 10.9. The maximum atomic E-state index is 13.4. The van der Waals surface area contributed by atoms with Crippen molar-refractivity contribution in [1.82, 2.24) is 0 Å². The minimum absolute atomic E-state index is 0.170. The van der Waals surface area contributed by atoms with Gasteiger partial charge in [-0.1, -0.05) is 12.8 Å². The predicted octanol–water partition coefficient (Wildman–Crippen LogP) is 3.97. The van der Waals surface area contributed by atoms with Crippen LogP contribution in [0.25, 0.3) is 0 Å². The standard InChI is InChI=1S/C12H15BrFN/c13-11-6-5-10(9-12(11)14)15-7-3-1-2-4-8-15/h5-6,9H,1-4,7-8H2. The molecule has 0 N–H and O–H groups in total. The second-order valence-corrected chi connectivity index (χ2v) is 4.85. The van der Waals surface area contributed by atoms with E-state index in [0.29, 0.717) is 4.47 Å². The summed E-state index contributed by atoms with van der Waals surface area (Å²) in [6.45, 7) is 2.11. The van der Waals surface area contributed by atoms with Crippen LogP contribution in [0, 0.1) is 5.82 Å². The lowest BCUT2D eigenvalue weighted by Crippen LogP contribution is -2.23. The van der Waals surface area contributed by atoms with Crippen molar-refractivity contribution < 1.29 is 4.39 Å². The van der Waals surface area contributed by atoms with Gasteiger partial charge in [-0.25, -0.2) is 4.39 Å². The molecule has 0 atom stereocenters. The molecule has 0 aliphatic carbocycles. The van der Waals surface area contributed by atoms with Gasteiger partial charge in [-0.3, -0.25) is 0 Å². The third-order valence-corrected chi connectivity index (χ3v) is 3.52. The fourth-order valence-corrected chi connectivity index (χ4v) is 2.26. The Morgan fingerprint density at radius 2 is 1.73 bits per heavy atom. The number of nitrogens with zero attached hydrogens (tertiary/aromatic N) is 1. The lowest BCUT2D eigenvalue weighted by atomic mass is 10.2. The summed E-state index contributed by atoms with van der Waals surface area (Å²) in [4.78, 5) is 2.28. The number of rotatable bonds is 1. The molecule has 1 saturated heterocycles. The molecule has 1 aromatic rings. The van der Waals surface area contributed by atoms with Gasteiger partial charge in [0, 0.05) is 18.8 Å². The van der Waals surface area contributed by atoms with Crippen LogP contribution in [0.3, 0.4) is 0 Å². The highest BCUT2D eigenvalue weighted by molar-refractivity contribution is 9.10. The Morgan fingerprint density at radius 1 is 1.07 bits per heavy atom. The van der Waals surface area contributed by atoms with Crippen LogP contribution in [0.1, 0.15) is 25.7 Å². The maximum absolute atomic E-state index is 13.4. The molecule has 1 aliphatic heterocycles. The molecule has 0 spiro atoms. The Hall–Kier alpha value is -0.570. The van der Waals surface area contributed by atoms with E-state index in [9.17, 15) is 4.39 Å². The van der Waals surface area contributed by atoms with Gasteiger partial charge in [0.1, 0.15) is 5.82 Å². The first-order chi connectivity index (χ1) is 7.27. The van der Waals surface area contributed by atoms with E-state index in [1.807, 2.05) is 6.07 Å². The van der Waals surface area contributed by atoms with E-state index in [1.165, 1.54) is 25.7 Å². The third-order valence-electron chi connectivity index (χ3n) is 2.87. The molecule has 2 rings (SSSR count). The van der Waals surface area contributed by atoms with Gasteiger partial charge in [-0.05, 0) is 47.0 Å². The topological polar surface area (TPSA) is 3.24 Å². The number of anilines is 1. The SMILES string of the molecule is Fc1cc(N2CCCCCC2)ccc1Br. The highest BCUT2D eigenvalue weighted by Crippen LogP contribution is 2.24. The molecule has 1 aromatic carbocycles. The second kappa shape index (κ2) is 4.97. The smallest absolute Gasteiger partial charge is 0.139 e. The highest BCUT2D eigenvalue weighted by Gasteiger charge is 2.11. The number of hydrogen-bond donors (Lipinski definition) is 0. The summed E-state index contributed by atoms with van der Waals surface area (Å²) in [6.07, 6.45) is 5.04. The van der Waals surface area contributed by atoms with Gasteiger partial charge in [-0.2, -0.15) is 0 Å². The molecular weight excluding hydrogens is 257 g/mol. The van der Waals surface area contributed by atoms with E-state index in [1.54, 1.807) is 12.1 Å². The fourth-order valence-electron chi connectivity index (χ4n) is 2.01. The van der Waals surface area contributed by atoms with E-state index in [0.717, 1.165) is 18.8 Å². The van der Waals surface area contributed by atoms with Crippen molar-refractivity contribution in [2.75, 3.05) is 18.0 Å². The molecule has 1 fully saturated rings. The number of hydrogen-bond acceptors (Lipinski definition) is 1. The minimum atomic E-state index is -0.170. The molecule has 0 bridgehead atoms. The van der Waals surface area contributed by atoms with Crippen molar-refractivity contribution in [3.05, 3.63) is 28.5 Å². The molecule has 82 valence electrons. The monoisotopic (exact) mass is 271 g/mol. The molecular formula is C12H15BrFN. The quantitative estimate of drug-likeness (QED) is 0.747. The van der Waals surface area contributed by atoms with Crippen molar-refractivity contribution in [2.45, 2.75) is 25.7 Å². The van der Waals surface area contributed by atoms with E-state index in [-0.39, 0.29) is 5.82 Å². The van der Waals surface area contributed by atoms with Crippen molar-refractivity contribution in [3.8, 4) is 0 Å². The summed E-state index contributed by atoms with van der Waals surface area (Å²) in [5, 5.41) is 0. The average molecular weight is 272 g/mol. The highest BCUT2D eigenvalue weighted by atomic mass is 79.9. The van der Waals surface area contributed by atoms with Crippen molar-refractivity contribution >= 4 is 21.6 Å². The van der Waals surface area contributed by atoms with E-state index in [2.05, 4.69) is 20.8 Å². The van der Waals surface area contributed by atoms with Crippen molar-refractivity contribution in [3.63, 3.8) is 0 Å². The van der Waals surface area contributed by atoms with Gasteiger partial charge in [0.2, 0.25) is 0 Å². The van der Waals surface area contributed by atoms with Crippen molar-refractivity contribution in [2.24, 2.45) is 0 Å². The minimum Gasteiger partial charge on any atom is -0.371 e. The van der Waals surface area contributed by atoms with Crippen LogP contribution < -0.4 is 4.90 Å². The second-order valence-electron chi connectivity index (χ2n) is 4.00. The van der Waals surface area contributed by atoms with Crippen LogP contribution in [0.2, 0.25) is 0 Å². The molecule has 0 radical (unpaired) electrons. The molecule has 0 saturated carbocycles. The van der Waals surface area contributed by atoms with E-state index < -0.39 is 0 Å². The van der Waals surface area contributed by atoms with Gasteiger partial charge in [0.15, 0.2) is 0 Å². The van der Waals surface area contributed by atoms with Crippen LogP contribution >= 0.6 is 15.9 Å². The molecule has 1 aliphatic rings. The van der Waals surface area contributed by atoms with E-state index in [4.69, 9.17) is 0 Å². The normalized spacial score (nSPS) is 17.6. The summed E-state index contributed by atoms with van der Waals surface area (Å²) >= 11 is 3.18. The third kappa shape index (κ3) is 2.71. The van der Waals surface area contributed by atoms with Crippen LogP contribution in [-0.2, 0) is 0 Å². The molecule has 1 nitrogen and oxygen atoms in total. The molecule has 15 heavy (non-hydrogen) atoms. The molecule has 1 heterocycles. The maximum Gasteiger partial charge on any atom is 0.139 e. The summed E-state index contributed by atoms with van der Waals surface area (Å²) in [5.41, 5.74) is 1.01. The molecule has 0 amide bonds. The first-order valence-electron chi connectivity index (χ1n) is 5.47. The Balaban J connectivity index is 2.16. The number of halogens is 2. The Morgan fingerprint density at radius 3 is 2.33 bits per heavy atom. The largest absolute Gasteiger partial charge is 0.371 e. The fraction of sp³-hybridized carbons (Fsp3) is 0.500. The summed E-state index contributed by atoms with van der Waals surface area (Å²) in [5.74, 6) is -0.170. The van der Waals surface area contributed by atoms with Crippen molar-refractivity contribution in [1.29, 1.82) is 0 Å². The Kier molecular flexibility index (Phi) is 3.62. The zero-order valence-electron chi connectivity index (χ0n) is 8.68. The molecule has 0 unspecified atom stereocenters. The van der Waals surface area contributed by atoms with Gasteiger partial charge < -0.3 is 4.90 Å². The Bertz CT molecular complexity index is 332. The van der Waals surface area contributed by atoms with Crippen LogP contribution in [0.5, 0.6) is 0 Å². The van der Waals surface area contributed by atoms with Crippen LogP contribution in [-0.4, -0.2) is 13.1 Å². The lowest BCUT2D eigenvalue weighted by molar-refractivity contribution is 0.619. The molecule has 3 heteroatoms. The van der Waals surface area contributed by atoms with Gasteiger partial charge in [-0.15, -0.1) is 0 Å². The summed E-state index contributed by atoms with van der Waals surface area (Å²) in [7, 11) is 0. The summed E-state index contributed by atoms with van der Waals surface area (Å²) < 4.78 is 13.9. The van der Waals surface area contributed by atoms with Gasteiger partial charge in [0.25, 0.3) is 0 Å². The van der Waals surface area contributed by atoms with Gasteiger partial charge >= 0.3 is 0 Å².